The molecule has 15 heavy (non-hydrogen) atoms. The number of rotatable bonds is 2. The molecule has 86 valence electrons. The SMILES string of the molecule is C[C@H](C(=O)O)N1C[C@H]2CCC(F)(F)[C@H]2C1. The molecule has 1 saturated heterocycles. The first-order valence-electron chi connectivity index (χ1n) is 5.26. The van der Waals surface area contributed by atoms with Crippen LogP contribution in [-0.2, 0) is 4.79 Å². The molecule has 0 aromatic rings. The first kappa shape index (κ1) is 10.8. The molecule has 2 aliphatic rings. The van der Waals surface area contributed by atoms with Gasteiger partial charge in [-0.2, -0.15) is 0 Å². The average molecular weight is 219 g/mol. The molecule has 0 bridgehead atoms. The smallest absolute Gasteiger partial charge is 0.320 e. The van der Waals surface area contributed by atoms with Gasteiger partial charge in [0.05, 0.1) is 0 Å². The lowest BCUT2D eigenvalue weighted by atomic mass is 9.99. The van der Waals surface area contributed by atoms with Crippen LogP contribution in [0, 0.1) is 11.8 Å². The molecule has 1 aliphatic carbocycles. The predicted octanol–water partition coefficient (Wildman–Crippen LogP) is 1.44. The second-order valence-electron chi connectivity index (χ2n) is 4.63. The Labute approximate surface area is 87.1 Å². The van der Waals surface area contributed by atoms with Crippen molar-refractivity contribution in [2.75, 3.05) is 13.1 Å². The molecule has 1 saturated carbocycles. The number of halogens is 2. The third-order valence-corrected chi connectivity index (χ3v) is 3.77. The van der Waals surface area contributed by atoms with Crippen molar-refractivity contribution in [3.8, 4) is 0 Å². The van der Waals surface area contributed by atoms with Crippen LogP contribution in [0.4, 0.5) is 8.78 Å². The van der Waals surface area contributed by atoms with Crippen molar-refractivity contribution in [1.29, 1.82) is 0 Å². The molecule has 1 heterocycles. The normalized spacial score (nSPS) is 36.5. The lowest BCUT2D eigenvalue weighted by molar-refractivity contribution is -0.142. The molecule has 0 radical (unpaired) electrons. The number of fused-ring (bicyclic) bond motifs is 1. The second-order valence-corrected chi connectivity index (χ2v) is 4.63. The number of carboxylic acids is 1. The summed E-state index contributed by atoms with van der Waals surface area (Å²) in [5, 5.41) is 8.81. The minimum atomic E-state index is -2.59. The van der Waals surface area contributed by atoms with Gasteiger partial charge in [0.15, 0.2) is 0 Å². The van der Waals surface area contributed by atoms with Crippen molar-refractivity contribution in [2.45, 2.75) is 31.7 Å². The zero-order chi connectivity index (χ0) is 11.2. The van der Waals surface area contributed by atoms with Gasteiger partial charge in [-0.3, -0.25) is 9.69 Å². The maximum absolute atomic E-state index is 13.4. The van der Waals surface area contributed by atoms with Crippen molar-refractivity contribution in [3.05, 3.63) is 0 Å². The van der Waals surface area contributed by atoms with E-state index in [1.165, 1.54) is 0 Å². The lowest BCUT2D eigenvalue weighted by Gasteiger charge is -2.23. The van der Waals surface area contributed by atoms with Gasteiger partial charge in [0.25, 0.3) is 5.92 Å². The second kappa shape index (κ2) is 3.40. The van der Waals surface area contributed by atoms with Crippen molar-refractivity contribution in [1.82, 2.24) is 4.90 Å². The van der Waals surface area contributed by atoms with E-state index in [1.54, 1.807) is 11.8 Å². The Bertz CT molecular complexity index is 283. The molecule has 3 nitrogen and oxygen atoms in total. The highest BCUT2D eigenvalue weighted by Crippen LogP contribution is 2.48. The van der Waals surface area contributed by atoms with Gasteiger partial charge in [-0.05, 0) is 19.3 Å². The molecule has 0 aromatic carbocycles. The van der Waals surface area contributed by atoms with Crippen molar-refractivity contribution in [3.63, 3.8) is 0 Å². The van der Waals surface area contributed by atoms with Crippen LogP contribution >= 0.6 is 0 Å². The van der Waals surface area contributed by atoms with Crippen LogP contribution in [-0.4, -0.2) is 41.0 Å². The van der Waals surface area contributed by atoms with E-state index in [1.807, 2.05) is 0 Å². The summed E-state index contributed by atoms with van der Waals surface area (Å²) in [6.07, 6.45) is 0.498. The first-order chi connectivity index (χ1) is 6.92. The molecule has 5 heteroatoms. The van der Waals surface area contributed by atoms with Crippen LogP contribution in [0.1, 0.15) is 19.8 Å². The maximum atomic E-state index is 13.4. The zero-order valence-corrected chi connectivity index (χ0v) is 8.62. The number of hydrogen-bond donors (Lipinski definition) is 1. The Morgan fingerprint density at radius 1 is 1.53 bits per heavy atom. The van der Waals surface area contributed by atoms with Crippen LogP contribution in [0.5, 0.6) is 0 Å². The number of aliphatic carboxylic acids is 1. The van der Waals surface area contributed by atoms with Gasteiger partial charge in [0, 0.05) is 25.4 Å². The Hall–Kier alpha value is -0.710. The fraction of sp³-hybridized carbons (Fsp3) is 0.900. The fourth-order valence-electron chi connectivity index (χ4n) is 2.71. The number of hydrogen-bond acceptors (Lipinski definition) is 2. The first-order valence-corrected chi connectivity index (χ1v) is 5.26. The molecule has 0 unspecified atom stereocenters. The van der Waals surface area contributed by atoms with Crippen LogP contribution in [0.2, 0.25) is 0 Å². The highest BCUT2D eigenvalue weighted by Gasteiger charge is 2.54. The number of carbonyl (C=O) groups is 1. The van der Waals surface area contributed by atoms with Gasteiger partial charge < -0.3 is 5.11 Å². The van der Waals surface area contributed by atoms with Crippen LogP contribution in [0.3, 0.4) is 0 Å². The predicted molar refractivity (Wildman–Crippen MR) is 49.8 cm³/mol. The zero-order valence-electron chi connectivity index (χ0n) is 8.62. The van der Waals surface area contributed by atoms with Crippen LogP contribution < -0.4 is 0 Å². The van der Waals surface area contributed by atoms with E-state index in [0.717, 1.165) is 0 Å². The monoisotopic (exact) mass is 219 g/mol. The Balaban J connectivity index is 2.04. The minimum Gasteiger partial charge on any atom is -0.480 e. The minimum absolute atomic E-state index is 0.0122. The van der Waals surface area contributed by atoms with Gasteiger partial charge in [-0.25, -0.2) is 8.78 Å². The molecule has 3 atom stereocenters. The van der Waals surface area contributed by atoms with Gasteiger partial charge in [-0.15, -0.1) is 0 Å². The van der Waals surface area contributed by atoms with Crippen LogP contribution in [0.25, 0.3) is 0 Å². The quantitative estimate of drug-likeness (QED) is 0.764. The summed E-state index contributed by atoms with van der Waals surface area (Å²) >= 11 is 0. The summed E-state index contributed by atoms with van der Waals surface area (Å²) in [5.41, 5.74) is 0. The van der Waals surface area contributed by atoms with E-state index >= 15 is 0 Å². The summed E-state index contributed by atoms with van der Waals surface area (Å²) in [4.78, 5) is 12.4. The molecular weight excluding hydrogens is 204 g/mol. The Kier molecular flexibility index (Phi) is 2.45. The highest BCUT2D eigenvalue weighted by molar-refractivity contribution is 5.72. The molecule has 0 spiro atoms. The standard InChI is InChI=1S/C10H15F2NO2/c1-6(9(14)15)13-4-7-2-3-10(11,12)8(7)5-13/h6-8H,2-5H2,1H3,(H,14,15)/t6-,7-,8+/m1/s1. The van der Waals surface area contributed by atoms with Crippen LogP contribution in [0.15, 0.2) is 0 Å². The summed E-state index contributed by atoms with van der Waals surface area (Å²) in [5.74, 6) is -4.16. The maximum Gasteiger partial charge on any atom is 0.320 e. The molecule has 1 aliphatic heterocycles. The number of likely N-dealkylation sites (tertiary alicyclic amines) is 1. The van der Waals surface area contributed by atoms with Crippen molar-refractivity contribution < 1.29 is 18.7 Å². The third-order valence-electron chi connectivity index (χ3n) is 3.77. The van der Waals surface area contributed by atoms with E-state index in [9.17, 15) is 13.6 Å². The van der Waals surface area contributed by atoms with E-state index < -0.39 is 23.9 Å². The van der Waals surface area contributed by atoms with Crippen molar-refractivity contribution in [2.24, 2.45) is 11.8 Å². The molecule has 2 fully saturated rings. The van der Waals surface area contributed by atoms with E-state index in [0.29, 0.717) is 13.0 Å². The number of carboxylic acid groups (broad SMARTS) is 1. The van der Waals surface area contributed by atoms with E-state index in [2.05, 4.69) is 0 Å². The number of alkyl halides is 2. The molecule has 0 aromatic heterocycles. The van der Waals surface area contributed by atoms with E-state index in [-0.39, 0.29) is 18.9 Å². The Morgan fingerprint density at radius 3 is 2.73 bits per heavy atom. The average Bonchev–Trinajstić information content (AvgIpc) is 2.66. The van der Waals surface area contributed by atoms with E-state index in [4.69, 9.17) is 5.11 Å². The third kappa shape index (κ3) is 1.73. The molecule has 0 amide bonds. The largest absolute Gasteiger partial charge is 0.480 e. The summed E-state index contributed by atoms with van der Waals surface area (Å²) in [6.45, 7) is 2.29. The van der Waals surface area contributed by atoms with Gasteiger partial charge in [0.2, 0.25) is 0 Å². The van der Waals surface area contributed by atoms with Gasteiger partial charge in [0.1, 0.15) is 6.04 Å². The highest BCUT2D eigenvalue weighted by atomic mass is 19.3. The number of nitrogens with zero attached hydrogens (tertiary/aromatic N) is 1. The Morgan fingerprint density at radius 2 is 2.20 bits per heavy atom. The van der Waals surface area contributed by atoms with Gasteiger partial charge in [-0.1, -0.05) is 0 Å². The van der Waals surface area contributed by atoms with Gasteiger partial charge >= 0.3 is 5.97 Å². The fourth-order valence-corrected chi connectivity index (χ4v) is 2.71. The molecular formula is C10H15F2NO2. The van der Waals surface area contributed by atoms with Crippen molar-refractivity contribution >= 4 is 5.97 Å². The molecule has 2 rings (SSSR count). The lowest BCUT2D eigenvalue weighted by Crippen LogP contribution is -2.39. The molecule has 1 N–H and O–H groups in total. The summed E-state index contributed by atoms with van der Waals surface area (Å²) < 4.78 is 26.7. The summed E-state index contributed by atoms with van der Waals surface area (Å²) in [6, 6.07) is -0.647. The topological polar surface area (TPSA) is 40.5 Å². The summed E-state index contributed by atoms with van der Waals surface area (Å²) in [7, 11) is 0.